The van der Waals surface area contributed by atoms with E-state index in [1.807, 2.05) is 6.07 Å². The maximum atomic E-state index is 10.9. The van der Waals surface area contributed by atoms with Crippen LogP contribution in [0.3, 0.4) is 0 Å². The smallest absolute Gasteiger partial charge is 0.251 e. The van der Waals surface area contributed by atoms with Gasteiger partial charge in [-0.05, 0) is 6.42 Å². The predicted molar refractivity (Wildman–Crippen MR) is 55.5 cm³/mol. The van der Waals surface area contributed by atoms with Crippen LogP contribution in [0.5, 0.6) is 0 Å². The second-order valence-electron chi connectivity index (χ2n) is 3.40. The van der Waals surface area contributed by atoms with Gasteiger partial charge in [-0.1, -0.05) is 13.3 Å². The summed E-state index contributed by atoms with van der Waals surface area (Å²) in [5.74, 6) is -0.489. The van der Waals surface area contributed by atoms with E-state index in [4.69, 9.17) is 5.73 Å². The molecule has 78 valence electrons. The molecule has 0 aliphatic heterocycles. The van der Waals surface area contributed by atoms with Crippen LogP contribution < -0.4 is 5.73 Å². The van der Waals surface area contributed by atoms with Gasteiger partial charge in [-0.15, -0.1) is 0 Å². The van der Waals surface area contributed by atoms with Crippen LogP contribution in [0, 0.1) is 0 Å². The highest BCUT2D eigenvalue weighted by Crippen LogP contribution is 2.06. The maximum absolute atomic E-state index is 10.9. The van der Waals surface area contributed by atoms with Gasteiger partial charge in [0.25, 0.3) is 5.91 Å². The Morgan fingerprint density at radius 3 is 3.07 bits per heavy atom. The van der Waals surface area contributed by atoms with Gasteiger partial charge in [0, 0.05) is 18.5 Å². The lowest BCUT2D eigenvalue weighted by molar-refractivity contribution is 0.0999. The Morgan fingerprint density at radius 2 is 2.40 bits per heavy atom. The van der Waals surface area contributed by atoms with Crippen molar-refractivity contribution in [1.82, 2.24) is 14.6 Å². The minimum absolute atomic E-state index is 0.369. The molecule has 0 aromatic carbocycles. The van der Waals surface area contributed by atoms with E-state index in [0.29, 0.717) is 5.56 Å². The topological polar surface area (TPSA) is 73.3 Å². The predicted octanol–water partition coefficient (Wildman–Crippen LogP) is 0.781. The molecule has 0 fully saturated rings. The summed E-state index contributed by atoms with van der Waals surface area (Å²) in [5.41, 5.74) is 7.24. The number of carbonyl (C=O) groups is 1. The first kappa shape index (κ1) is 9.64. The third-order valence-corrected chi connectivity index (χ3v) is 2.15. The number of carbonyl (C=O) groups excluding carboxylic acids is 1. The fraction of sp³-hybridized carbons (Fsp3) is 0.300. The lowest BCUT2D eigenvalue weighted by Gasteiger charge is -1.95. The molecule has 0 bridgehead atoms. The van der Waals surface area contributed by atoms with Gasteiger partial charge in [0.15, 0.2) is 5.65 Å². The lowest BCUT2D eigenvalue weighted by Crippen LogP contribution is -2.12. The summed E-state index contributed by atoms with van der Waals surface area (Å²) in [6, 6.07) is 1.91. The third kappa shape index (κ3) is 1.81. The van der Waals surface area contributed by atoms with Gasteiger partial charge in [0.05, 0.1) is 11.3 Å². The Balaban J connectivity index is 2.47. The second kappa shape index (κ2) is 3.68. The molecule has 1 amide bonds. The van der Waals surface area contributed by atoms with E-state index in [1.54, 1.807) is 10.7 Å². The number of hydrogen-bond donors (Lipinski definition) is 1. The zero-order valence-electron chi connectivity index (χ0n) is 8.47. The van der Waals surface area contributed by atoms with Crippen molar-refractivity contribution in [2.75, 3.05) is 0 Å². The third-order valence-electron chi connectivity index (χ3n) is 2.15. The van der Waals surface area contributed by atoms with E-state index < -0.39 is 5.91 Å². The van der Waals surface area contributed by atoms with Crippen molar-refractivity contribution >= 4 is 11.6 Å². The first-order valence-electron chi connectivity index (χ1n) is 4.85. The average molecular weight is 204 g/mol. The van der Waals surface area contributed by atoms with Crippen molar-refractivity contribution in [3.63, 3.8) is 0 Å². The van der Waals surface area contributed by atoms with Crippen LogP contribution in [-0.4, -0.2) is 20.5 Å². The maximum Gasteiger partial charge on any atom is 0.251 e. The molecule has 0 unspecified atom stereocenters. The summed E-state index contributed by atoms with van der Waals surface area (Å²) < 4.78 is 1.59. The van der Waals surface area contributed by atoms with Gasteiger partial charge in [-0.2, -0.15) is 5.10 Å². The van der Waals surface area contributed by atoms with Gasteiger partial charge in [0.1, 0.15) is 0 Å². The molecule has 0 aliphatic carbocycles. The Bertz CT molecular complexity index is 503. The van der Waals surface area contributed by atoms with Crippen LogP contribution in [0.4, 0.5) is 0 Å². The van der Waals surface area contributed by atoms with Gasteiger partial charge in [-0.25, -0.2) is 9.50 Å². The molecule has 15 heavy (non-hydrogen) atoms. The van der Waals surface area contributed by atoms with E-state index in [2.05, 4.69) is 17.0 Å². The van der Waals surface area contributed by atoms with Gasteiger partial charge < -0.3 is 5.73 Å². The molecule has 5 heteroatoms. The number of hydrogen-bond acceptors (Lipinski definition) is 3. The summed E-state index contributed by atoms with van der Waals surface area (Å²) in [6.45, 7) is 2.09. The van der Waals surface area contributed by atoms with Crippen molar-refractivity contribution < 1.29 is 4.79 Å². The lowest BCUT2D eigenvalue weighted by atomic mass is 10.2. The molecular formula is C10H12N4O. The number of fused-ring (bicyclic) bond motifs is 1. The first-order chi connectivity index (χ1) is 7.20. The fourth-order valence-electron chi connectivity index (χ4n) is 1.43. The molecule has 2 aromatic heterocycles. The number of nitrogens with zero attached hydrogens (tertiary/aromatic N) is 3. The normalized spacial score (nSPS) is 10.7. The molecule has 0 spiro atoms. The largest absolute Gasteiger partial charge is 0.366 e. The van der Waals surface area contributed by atoms with Crippen molar-refractivity contribution in [2.45, 2.75) is 19.8 Å². The SMILES string of the molecule is CCCc1cc2ncc(C(N)=O)cn2n1. The number of aromatic nitrogens is 3. The molecule has 2 rings (SSSR count). The van der Waals surface area contributed by atoms with E-state index in [1.165, 1.54) is 6.20 Å². The summed E-state index contributed by atoms with van der Waals surface area (Å²) in [4.78, 5) is 15.0. The summed E-state index contributed by atoms with van der Waals surface area (Å²) in [5, 5.41) is 4.29. The average Bonchev–Trinajstić information content (AvgIpc) is 2.59. The molecule has 2 N–H and O–H groups in total. The molecular weight excluding hydrogens is 192 g/mol. The highest BCUT2D eigenvalue weighted by atomic mass is 16.1. The highest BCUT2D eigenvalue weighted by molar-refractivity contribution is 5.92. The standard InChI is InChI=1S/C10H12N4O/c1-2-3-8-4-9-12-5-7(10(11)15)6-14(9)13-8/h4-6H,2-3H2,1H3,(H2,11,15). The quantitative estimate of drug-likeness (QED) is 0.802. The Morgan fingerprint density at radius 1 is 1.60 bits per heavy atom. The number of amides is 1. The molecule has 2 aromatic rings. The molecule has 0 radical (unpaired) electrons. The van der Waals surface area contributed by atoms with Crippen LogP contribution in [0.15, 0.2) is 18.5 Å². The summed E-state index contributed by atoms with van der Waals surface area (Å²) >= 11 is 0. The molecule has 0 aliphatic rings. The second-order valence-corrected chi connectivity index (χ2v) is 3.40. The van der Waals surface area contributed by atoms with Gasteiger partial charge in [-0.3, -0.25) is 4.79 Å². The van der Waals surface area contributed by atoms with Crippen LogP contribution in [-0.2, 0) is 6.42 Å². The summed E-state index contributed by atoms with van der Waals surface area (Å²) in [7, 11) is 0. The fourth-order valence-corrected chi connectivity index (χ4v) is 1.43. The first-order valence-corrected chi connectivity index (χ1v) is 4.85. The minimum atomic E-state index is -0.489. The van der Waals surface area contributed by atoms with Crippen molar-refractivity contribution in [1.29, 1.82) is 0 Å². The van der Waals surface area contributed by atoms with Crippen LogP contribution >= 0.6 is 0 Å². The van der Waals surface area contributed by atoms with E-state index in [-0.39, 0.29) is 0 Å². The van der Waals surface area contributed by atoms with Crippen molar-refractivity contribution in [3.8, 4) is 0 Å². The van der Waals surface area contributed by atoms with Gasteiger partial charge >= 0.3 is 0 Å². The van der Waals surface area contributed by atoms with Crippen LogP contribution in [0.1, 0.15) is 29.4 Å². The van der Waals surface area contributed by atoms with Crippen LogP contribution in [0.2, 0.25) is 0 Å². The number of aryl methyl sites for hydroxylation is 1. The van der Waals surface area contributed by atoms with Crippen LogP contribution in [0.25, 0.3) is 5.65 Å². The van der Waals surface area contributed by atoms with Crippen molar-refractivity contribution in [2.24, 2.45) is 5.73 Å². The molecule has 2 heterocycles. The molecule has 0 saturated carbocycles. The molecule has 0 atom stereocenters. The zero-order valence-corrected chi connectivity index (χ0v) is 8.47. The van der Waals surface area contributed by atoms with E-state index in [9.17, 15) is 4.79 Å². The molecule has 0 saturated heterocycles. The van der Waals surface area contributed by atoms with E-state index in [0.717, 1.165) is 24.2 Å². The van der Waals surface area contributed by atoms with Crippen molar-refractivity contribution in [3.05, 3.63) is 29.7 Å². The zero-order chi connectivity index (χ0) is 10.8. The van der Waals surface area contributed by atoms with Gasteiger partial charge in [0.2, 0.25) is 0 Å². The number of nitrogens with two attached hydrogens (primary N) is 1. The Labute approximate surface area is 86.9 Å². The summed E-state index contributed by atoms with van der Waals surface area (Å²) in [6.07, 6.45) is 5.01. The van der Waals surface area contributed by atoms with E-state index >= 15 is 0 Å². The monoisotopic (exact) mass is 204 g/mol. The number of primary amides is 1. The molecule has 5 nitrogen and oxygen atoms in total. The number of rotatable bonds is 3. The Kier molecular flexibility index (Phi) is 2.37. The minimum Gasteiger partial charge on any atom is -0.366 e. The Hall–Kier alpha value is -1.91. The highest BCUT2D eigenvalue weighted by Gasteiger charge is 2.05.